The number of fused-ring (bicyclic) bond motifs is 1. The van der Waals surface area contributed by atoms with Crippen molar-refractivity contribution in [2.24, 2.45) is 0 Å². The second-order valence-electron chi connectivity index (χ2n) is 5.60. The Morgan fingerprint density at radius 1 is 1.57 bits per heavy atom. The molecule has 1 aliphatic rings. The third-order valence-electron chi connectivity index (χ3n) is 4.07. The second kappa shape index (κ2) is 6.56. The summed E-state index contributed by atoms with van der Waals surface area (Å²) in [6, 6.07) is 6.04. The SMILES string of the molecule is C=CCNC(=O)N(C)c1ccc2c(c1)N(Cc1cnc[nH]1)CC2. The second-order valence-corrected chi connectivity index (χ2v) is 5.60. The number of amides is 2. The van der Waals surface area contributed by atoms with Gasteiger partial charge in [-0.25, -0.2) is 9.78 Å². The van der Waals surface area contributed by atoms with Gasteiger partial charge in [-0.2, -0.15) is 0 Å². The predicted octanol–water partition coefficient (Wildman–Crippen LogP) is 2.30. The normalized spacial score (nSPS) is 12.8. The molecule has 0 aliphatic carbocycles. The zero-order valence-electron chi connectivity index (χ0n) is 13.2. The number of imidazole rings is 1. The molecule has 0 saturated heterocycles. The van der Waals surface area contributed by atoms with E-state index in [1.807, 2.05) is 12.3 Å². The van der Waals surface area contributed by atoms with Crippen molar-refractivity contribution in [3.05, 3.63) is 54.6 Å². The van der Waals surface area contributed by atoms with Crippen LogP contribution in [0.15, 0.2) is 43.4 Å². The number of anilines is 2. The fraction of sp³-hybridized carbons (Fsp3) is 0.294. The molecule has 1 aromatic heterocycles. The molecule has 0 unspecified atom stereocenters. The van der Waals surface area contributed by atoms with Crippen LogP contribution in [0.1, 0.15) is 11.3 Å². The van der Waals surface area contributed by atoms with Gasteiger partial charge in [0, 0.05) is 37.7 Å². The molecule has 2 heterocycles. The molecule has 0 saturated carbocycles. The highest BCUT2D eigenvalue weighted by atomic mass is 16.2. The Bertz CT molecular complexity index is 695. The summed E-state index contributed by atoms with van der Waals surface area (Å²) in [7, 11) is 1.77. The van der Waals surface area contributed by atoms with Crippen molar-refractivity contribution in [3.8, 4) is 0 Å². The van der Waals surface area contributed by atoms with Gasteiger partial charge in [0.05, 0.1) is 18.6 Å². The van der Waals surface area contributed by atoms with Gasteiger partial charge in [0.25, 0.3) is 0 Å². The molecule has 6 heteroatoms. The minimum absolute atomic E-state index is 0.136. The van der Waals surface area contributed by atoms with E-state index in [2.05, 4.69) is 38.9 Å². The van der Waals surface area contributed by atoms with E-state index < -0.39 is 0 Å². The van der Waals surface area contributed by atoms with E-state index in [1.54, 1.807) is 24.4 Å². The summed E-state index contributed by atoms with van der Waals surface area (Å²) in [5.74, 6) is 0. The van der Waals surface area contributed by atoms with Crippen LogP contribution in [-0.4, -0.2) is 36.1 Å². The molecule has 0 atom stereocenters. The molecule has 2 aromatic rings. The average Bonchev–Trinajstić information content (AvgIpc) is 3.22. The molecule has 120 valence electrons. The summed E-state index contributed by atoms with van der Waals surface area (Å²) in [6.45, 7) is 5.84. The number of nitrogens with one attached hydrogen (secondary N) is 2. The van der Waals surface area contributed by atoms with Gasteiger partial charge in [-0.3, -0.25) is 4.90 Å². The lowest BCUT2D eigenvalue weighted by Gasteiger charge is -2.22. The largest absolute Gasteiger partial charge is 0.365 e. The fourth-order valence-electron chi connectivity index (χ4n) is 2.78. The van der Waals surface area contributed by atoms with Crippen molar-refractivity contribution >= 4 is 17.4 Å². The number of benzene rings is 1. The highest BCUT2D eigenvalue weighted by Gasteiger charge is 2.21. The van der Waals surface area contributed by atoms with Crippen LogP contribution in [0.25, 0.3) is 0 Å². The first kappa shape index (κ1) is 15.1. The maximum Gasteiger partial charge on any atom is 0.321 e. The topological polar surface area (TPSA) is 64.3 Å². The van der Waals surface area contributed by atoms with E-state index in [0.29, 0.717) is 6.54 Å². The van der Waals surface area contributed by atoms with Crippen molar-refractivity contribution in [1.29, 1.82) is 0 Å². The van der Waals surface area contributed by atoms with Crippen LogP contribution in [-0.2, 0) is 13.0 Å². The van der Waals surface area contributed by atoms with E-state index in [1.165, 1.54) is 11.3 Å². The molecule has 0 bridgehead atoms. The first-order valence-electron chi connectivity index (χ1n) is 7.66. The lowest BCUT2D eigenvalue weighted by atomic mass is 10.1. The van der Waals surface area contributed by atoms with Gasteiger partial charge >= 0.3 is 6.03 Å². The number of hydrogen-bond donors (Lipinski definition) is 2. The highest BCUT2D eigenvalue weighted by Crippen LogP contribution is 2.32. The lowest BCUT2D eigenvalue weighted by molar-refractivity contribution is 0.248. The van der Waals surface area contributed by atoms with Crippen LogP contribution in [0.5, 0.6) is 0 Å². The standard InChI is InChI=1S/C17H21N5O/c1-3-7-19-17(23)21(2)15-5-4-13-6-8-22(16(13)9-15)11-14-10-18-12-20-14/h3-5,9-10,12H,1,6-8,11H2,2H3,(H,18,20)(H,19,23). The number of carbonyl (C=O) groups excluding carboxylic acids is 1. The molecule has 1 aromatic carbocycles. The number of rotatable bonds is 5. The molecule has 2 amide bonds. The van der Waals surface area contributed by atoms with Gasteiger partial charge in [0.15, 0.2) is 0 Å². The molecule has 0 radical (unpaired) electrons. The Balaban J connectivity index is 1.78. The summed E-state index contributed by atoms with van der Waals surface area (Å²) in [6.07, 6.45) is 6.23. The summed E-state index contributed by atoms with van der Waals surface area (Å²) >= 11 is 0. The zero-order valence-corrected chi connectivity index (χ0v) is 13.2. The first-order chi connectivity index (χ1) is 11.2. The van der Waals surface area contributed by atoms with E-state index in [9.17, 15) is 4.79 Å². The average molecular weight is 311 g/mol. The number of hydrogen-bond acceptors (Lipinski definition) is 3. The fourth-order valence-corrected chi connectivity index (χ4v) is 2.78. The van der Waals surface area contributed by atoms with Crippen LogP contribution < -0.4 is 15.1 Å². The van der Waals surface area contributed by atoms with Crippen LogP contribution in [0, 0.1) is 0 Å². The number of nitrogens with zero attached hydrogens (tertiary/aromatic N) is 3. The Morgan fingerprint density at radius 2 is 2.43 bits per heavy atom. The third-order valence-corrected chi connectivity index (χ3v) is 4.07. The van der Waals surface area contributed by atoms with Crippen LogP contribution in [0.2, 0.25) is 0 Å². The van der Waals surface area contributed by atoms with Crippen LogP contribution in [0.3, 0.4) is 0 Å². The molecule has 2 N–H and O–H groups in total. The minimum atomic E-state index is -0.136. The molecule has 23 heavy (non-hydrogen) atoms. The number of urea groups is 1. The Labute approximate surface area is 135 Å². The third kappa shape index (κ3) is 3.21. The quantitative estimate of drug-likeness (QED) is 0.833. The van der Waals surface area contributed by atoms with Gasteiger partial charge in [0.2, 0.25) is 0 Å². The number of aromatic amines is 1. The number of carbonyl (C=O) groups is 1. The Hall–Kier alpha value is -2.76. The maximum absolute atomic E-state index is 12.1. The summed E-state index contributed by atoms with van der Waals surface area (Å²) in [5.41, 5.74) is 4.45. The van der Waals surface area contributed by atoms with Crippen LogP contribution >= 0.6 is 0 Å². The van der Waals surface area contributed by atoms with Crippen molar-refractivity contribution in [2.75, 3.05) is 29.9 Å². The van der Waals surface area contributed by atoms with Crippen molar-refractivity contribution in [3.63, 3.8) is 0 Å². The molecule has 0 spiro atoms. The van der Waals surface area contributed by atoms with Gasteiger partial charge in [-0.05, 0) is 24.1 Å². The van der Waals surface area contributed by atoms with Crippen molar-refractivity contribution < 1.29 is 4.79 Å². The van der Waals surface area contributed by atoms with Gasteiger partial charge < -0.3 is 15.2 Å². The van der Waals surface area contributed by atoms with E-state index in [4.69, 9.17) is 0 Å². The van der Waals surface area contributed by atoms with Crippen molar-refractivity contribution in [2.45, 2.75) is 13.0 Å². The first-order valence-corrected chi connectivity index (χ1v) is 7.66. The smallest absolute Gasteiger partial charge is 0.321 e. The zero-order chi connectivity index (χ0) is 16.2. The van der Waals surface area contributed by atoms with Gasteiger partial charge in [0.1, 0.15) is 0 Å². The van der Waals surface area contributed by atoms with E-state index in [-0.39, 0.29) is 6.03 Å². The minimum Gasteiger partial charge on any atom is -0.365 e. The highest BCUT2D eigenvalue weighted by molar-refractivity contribution is 5.92. The molecular formula is C17H21N5O. The summed E-state index contributed by atoms with van der Waals surface area (Å²) in [5, 5.41) is 2.79. The molecule has 1 aliphatic heterocycles. The van der Waals surface area contributed by atoms with Crippen molar-refractivity contribution in [1.82, 2.24) is 15.3 Å². The maximum atomic E-state index is 12.1. The molecule has 3 rings (SSSR count). The lowest BCUT2D eigenvalue weighted by Crippen LogP contribution is -2.37. The van der Waals surface area contributed by atoms with E-state index >= 15 is 0 Å². The summed E-state index contributed by atoms with van der Waals surface area (Å²) in [4.78, 5) is 23.2. The molecular weight excluding hydrogens is 290 g/mol. The Morgan fingerprint density at radius 3 is 3.17 bits per heavy atom. The van der Waals surface area contributed by atoms with Gasteiger partial charge in [-0.15, -0.1) is 6.58 Å². The molecule has 6 nitrogen and oxygen atoms in total. The van der Waals surface area contributed by atoms with Gasteiger partial charge in [-0.1, -0.05) is 12.1 Å². The monoisotopic (exact) mass is 311 g/mol. The van der Waals surface area contributed by atoms with Crippen LogP contribution in [0.4, 0.5) is 16.2 Å². The number of H-pyrrole nitrogens is 1. The molecule has 0 fully saturated rings. The Kier molecular flexibility index (Phi) is 4.32. The number of aromatic nitrogens is 2. The van der Waals surface area contributed by atoms with E-state index in [0.717, 1.165) is 30.9 Å². The predicted molar refractivity (Wildman–Crippen MR) is 91.8 cm³/mol. The summed E-state index contributed by atoms with van der Waals surface area (Å²) < 4.78 is 0.